The first-order chi connectivity index (χ1) is 16.7. The van der Waals surface area contributed by atoms with E-state index in [4.69, 9.17) is 19.2 Å². The fraction of sp³-hybridized carbons (Fsp3) is 0.440. The number of ether oxygens (including phenoxy) is 3. The molecular weight excluding hydrogens is 450 g/mol. The summed E-state index contributed by atoms with van der Waals surface area (Å²) in [6.07, 6.45) is 3.22. The zero-order valence-electron chi connectivity index (χ0n) is 20.5. The number of nitrogens with zero attached hydrogens (tertiary/aromatic N) is 4. The molecule has 0 aliphatic carbocycles. The van der Waals surface area contributed by atoms with Gasteiger partial charge in [0.2, 0.25) is 5.95 Å². The number of esters is 1. The second-order valence-corrected chi connectivity index (χ2v) is 9.28. The number of benzene rings is 1. The number of alkyl carbamates (subject to hydrolysis) is 1. The monoisotopic (exact) mass is 481 g/mol. The molecule has 2 aromatic heterocycles. The van der Waals surface area contributed by atoms with Crippen LogP contribution in [0.3, 0.4) is 0 Å². The highest BCUT2D eigenvalue weighted by Crippen LogP contribution is 2.26. The van der Waals surface area contributed by atoms with E-state index in [1.54, 1.807) is 27.0 Å². The van der Waals surface area contributed by atoms with Crippen LogP contribution in [0.1, 0.15) is 26.3 Å². The summed E-state index contributed by atoms with van der Waals surface area (Å²) < 4.78 is 17.7. The van der Waals surface area contributed by atoms with Gasteiger partial charge >= 0.3 is 12.1 Å². The van der Waals surface area contributed by atoms with Gasteiger partial charge in [0.05, 0.1) is 25.8 Å². The Hall–Kier alpha value is -3.66. The van der Waals surface area contributed by atoms with Crippen molar-refractivity contribution in [3.8, 4) is 5.82 Å². The van der Waals surface area contributed by atoms with E-state index >= 15 is 0 Å². The summed E-state index contributed by atoms with van der Waals surface area (Å²) in [5, 5.41) is 3.59. The normalized spacial score (nSPS) is 15.0. The first-order valence-electron chi connectivity index (χ1n) is 11.6. The minimum Gasteiger partial charge on any atom is -0.467 e. The molecule has 3 aromatic rings. The highest BCUT2D eigenvalue weighted by atomic mass is 16.6. The first-order valence-corrected chi connectivity index (χ1v) is 11.6. The van der Waals surface area contributed by atoms with Crippen molar-refractivity contribution in [3.63, 3.8) is 0 Å². The highest BCUT2D eigenvalue weighted by molar-refractivity contribution is 5.87. The van der Waals surface area contributed by atoms with Gasteiger partial charge in [-0.25, -0.2) is 14.6 Å². The Labute approximate surface area is 204 Å². The molecule has 1 aromatic carbocycles. The fourth-order valence-corrected chi connectivity index (χ4v) is 4.00. The van der Waals surface area contributed by atoms with E-state index < -0.39 is 23.7 Å². The molecule has 35 heavy (non-hydrogen) atoms. The van der Waals surface area contributed by atoms with Crippen LogP contribution >= 0.6 is 0 Å². The summed E-state index contributed by atoms with van der Waals surface area (Å²) in [6.45, 7) is 8.05. The van der Waals surface area contributed by atoms with Crippen molar-refractivity contribution in [2.75, 3.05) is 38.3 Å². The summed E-state index contributed by atoms with van der Waals surface area (Å²) in [6, 6.07) is 8.78. The van der Waals surface area contributed by atoms with E-state index in [-0.39, 0.29) is 6.42 Å². The quantitative estimate of drug-likeness (QED) is 0.536. The molecule has 1 amide bonds. The molecule has 1 saturated heterocycles. The van der Waals surface area contributed by atoms with Gasteiger partial charge in [0.15, 0.2) is 0 Å². The Morgan fingerprint density at radius 3 is 2.63 bits per heavy atom. The predicted octanol–water partition coefficient (Wildman–Crippen LogP) is 2.87. The number of fused-ring (bicyclic) bond motifs is 1. The number of hydrogen-bond acceptors (Lipinski definition) is 8. The van der Waals surface area contributed by atoms with E-state index in [1.807, 2.05) is 41.1 Å². The number of hydrogen-bond donors (Lipinski definition) is 1. The molecule has 1 N–H and O–H groups in total. The number of morpholine rings is 1. The minimum absolute atomic E-state index is 0.223. The van der Waals surface area contributed by atoms with Gasteiger partial charge in [0.25, 0.3) is 0 Å². The molecule has 0 bridgehead atoms. The van der Waals surface area contributed by atoms with Crippen molar-refractivity contribution in [1.29, 1.82) is 0 Å². The lowest BCUT2D eigenvalue weighted by atomic mass is 10.1. The van der Waals surface area contributed by atoms with Gasteiger partial charge in [0.1, 0.15) is 17.5 Å². The third-order valence-corrected chi connectivity index (χ3v) is 5.56. The van der Waals surface area contributed by atoms with Crippen molar-refractivity contribution in [2.24, 2.45) is 0 Å². The van der Waals surface area contributed by atoms with Crippen molar-refractivity contribution in [2.45, 2.75) is 38.8 Å². The number of aromatic nitrogens is 3. The maximum absolute atomic E-state index is 12.5. The molecule has 1 atom stereocenters. The van der Waals surface area contributed by atoms with Gasteiger partial charge in [-0.2, -0.15) is 4.98 Å². The third-order valence-electron chi connectivity index (χ3n) is 5.56. The van der Waals surface area contributed by atoms with Crippen LogP contribution < -0.4 is 10.2 Å². The molecule has 10 heteroatoms. The van der Waals surface area contributed by atoms with Crippen LogP contribution in [-0.2, 0) is 25.4 Å². The number of methoxy groups -OCH3 is 1. The Bertz CT molecular complexity index is 1200. The second-order valence-electron chi connectivity index (χ2n) is 9.28. The summed E-state index contributed by atoms with van der Waals surface area (Å²) in [5.41, 5.74) is 1.10. The van der Waals surface area contributed by atoms with E-state index in [0.717, 1.165) is 29.6 Å². The van der Waals surface area contributed by atoms with Crippen LogP contribution in [0, 0.1) is 0 Å². The van der Waals surface area contributed by atoms with Crippen LogP contribution in [0.15, 0.2) is 42.7 Å². The molecule has 1 fully saturated rings. The summed E-state index contributed by atoms with van der Waals surface area (Å²) in [7, 11) is 1.30. The highest BCUT2D eigenvalue weighted by Gasteiger charge is 2.27. The Morgan fingerprint density at radius 2 is 1.91 bits per heavy atom. The minimum atomic E-state index is -0.914. The van der Waals surface area contributed by atoms with Crippen LogP contribution in [-0.4, -0.2) is 71.7 Å². The average molecular weight is 482 g/mol. The summed E-state index contributed by atoms with van der Waals surface area (Å²) >= 11 is 0. The Kier molecular flexibility index (Phi) is 7.20. The summed E-state index contributed by atoms with van der Waals surface area (Å²) in [5.74, 6) is 0.798. The summed E-state index contributed by atoms with van der Waals surface area (Å²) in [4.78, 5) is 36.2. The molecule has 186 valence electrons. The van der Waals surface area contributed by atoms with Crippen LogP contribution in [0.25, 0.3) is 16.7 Å². The standard InChI is InChI=1S/C25H31N5O5/c1-25(2,3)35-24(32)27-19(22(31)33-4)15-17-16-30(20-8-6-5-7-18(17)20)21-9-10-26-23(28-21)29-11-13-34-14-12-29/h5-10,16,19H,11-15H2,1-4H3,(H,27,32)/t19-/m0/s1. The molecule has 1 aliphatic heterocycles. The first kappa shape index (κ1) is 24.5. The number of carbonyl (C=O) groups excluding carboxylic acids is 2. The lowest BCUT2D eigenvalue weighted by molar-refractivity contribution is -0.143. The van der Waals surface area contributed by atoms with Gasteiger partial charge < -0.3 is 29.0 Å². The number of amides is 1. The maximum Gasteiger partial charge on any atom is 0.408 e. The smallest absolute Gasteiger partial charge is 0.408 e. The number of carbonyl (C=O) groups is 2. The topological polar surface area (TPSA) is 108 Å². The molecule has 0 unspecified atom stereocenters. The molecule has 10 nitrogen and oxygen atoms in total. The molecule has 4 rings (SSSR count). The van der Waals surface area contributed by atoms with E-state index in [1.165, 1.54) is 7.11 Å². The number of rotatable bonds is 6. The maximum atomic E-state index is 12.5. The van der Waals surface area contributed by atoms with Crippen molar-refractivity contribution in [3.05, 3.63) is 48.3 Å². The molecule has 1 aliphatic rings. The zero-order chi connectivity index (χ0) is 25.0. The van der Waals surface area contributed by atoms with Gasteiger partial charge in [-0.1, -0.05) is 18.2 Å². The van der Waals surface area contributed by atoms with Crippen molar-refractivity contribution in [1.82, 2.24) is 19.9 Å². The average Bonchev–Trinajstić information content (AvgIpc) is 3.21. The SMILES string of the molecule is COC(=O)[C@H](Cc1cn(-c2ccnc(N3CCOCC3)n2)c2ccccc12)NC(=O)OC(C)(C)C. The number of para-hydroxylation sites is 1. The van der Waals surface area contributed by atoms with Crippen LogP contribution in [0.4, 0.5) is 10.7 Å². The van der Waals surface area contributed by atoms with E-state index in [2.05, 4.69) is 15.2 Å². The molecule has 0 spiro atoms. The van der Waals surface area contributed by atoms with Crippen molar-refractivity contribution >= 4 is 28.9 Å². The van der Waals surface area contributed by atoms with Gasteiger partial charge in [0, 0.05) is 37.3 Å². The number of nitrogens with one attached hydrogen (secondary N) is 1. The van der Waals surface area contributed by atoms with Gasteiger partial charge in [-0.3, -0.25) is 0 Å². The Morgan fingerprint density at radius 1 is 1.17 bits per heavy atom. The van der Waals surface area contributed by atoms with Crippen LogP contribution in [0.5, 0.6) is 0 Å². The fourth-order valence-electron chi connectivity index (χ4n) is 4.00. The lowest BCUT2D eigenvalue weighted by Crippen LogP contribution is -2.45. The largest absolute Gasteiger partial charge is 0.467 e. The van der Waals surface area contributed by atoms with Gasteiger partial charge in [-0.05, 0) is 38.5 Å². The number of anilines is 1. The Balaban J connectivity index is 1.66. The molecule has 0 radical (unpaired) electrons. The second kappa shape index (κ2) is 10.3. The molecule has 0 saturated carbocycles. The lowest BCUT2D eigenvalue weighted by Gasteiger charge is -2.26. The van der Waals surface area contributed by atoms with Crippen LogP contribution in [0.2, 0.25) is 0 Å². The molecular formula is C25H31N5O5. The third kappa shape index (κ3) is 5.89. The van der Waals surface area contributed by atoms with Gasteiger partial charge in [-0.15, -0.1) is 0 Å². The predicted molar refractivity (Wildman–Crippen MR) is 131 cm³/mol. The zero-order valence-corrected chi connectivity index (χ0v) is 20.5. The van der Waals surface area contributed by atoms with E-state index in [9.17, 15) is 9.59 Å². The van der Waals surface area contributed by atoms with E-state index in [0.29, 0.717) is 25.0 Å². The van der Waals surface area contributed by atoms with Crippen molar-refractivity contribution < 1.29 is 23.8 Å². The molecule has 3 heterocycles.